The molecule has 2 aromatic heterocycles. The Morgan fingerprint density at radius 3 is 1.95 bits per heavy atom. The smallest absolute Gasteiger partial charge is 0.0683 e. The van der Waals surface area contributed by atoms with Gasteiger partial charge < -0.3 is 9.47 Å². The lowest BCUT2D eigenvalue weighted by Gasteiger charge is -2.35. The minimum Gasteiger partial charge on any atom is -0.333 e. The van der Waals surface area contributed by atoms with Crippen molar-refractivity contribution in [2.24, 2.45) is 0 Å². The van der Waals surface area contributed by atoms with Crippen LogP contribution in [-0.2, 0) is 5.41 Å². The molecule has 0 amide bonds. The van der Waals surface area contributed by atoms with Crippen molar-refractivity contribution in [2.45, 2.75) is 25.3 Å². The number of para-hydroxylation sites is 1. The second kappa shape index (κ2) is 12.3. The number of anilines is 2. The van der Waals surface area contributed by atoms with Gasteiger partial charge in [-0.05, 0) is 81.9 Å². The van der Waals surface area contributed by atoms with Gasteiger partial charge in [-0.25, -0.2) is 0 Å². The molecule has 11 rings (SSSR count). The Hall–Kier alpha value is -6.42. The highest BCUT2D eigenvalue weighted by atomic mass is 32.1. The molecule has 0 saturated carbocycles. The van der Waals surface area contributed by atoms with E-state index >= 15 is 0 Å². The van der Waals surface area contributed by atoms with Crippen molar-refractivity contribution < 1.29 is 0 Å². The zero-order chi connectivity index (χ0) is 36.7. The summed E-state index contributed by atoms with van der Waals surface area (Å²) in [4.78, 5) is 2.59. The predicted molar refractivity (Wildman–Crippen MR) is 235 cm³/mol. The van der Waals surface area contributed by atoms with Gasteiger partial charge in [0.05, 0.1) is 17.1 Å². The van der Waals surface area contributed by atoms with Crippen molar-refractivity contribution in [1.29, 1.82) is 0 Å². The summed E-state index contributed by atoms with van der Waals surface area (Å²) in [5.41, 5.74) is 13.5. The molecule has 8 aromatic carbocycles. The summed E-state index contributed by atoms with van der Waals surface area (Å²) in [5.74, 6) is 0. The van der Waals surface area contributed by atoms with E-state index in [0.29, 0.717) is 0 Å². The average molecular weight is 723 g/mol. The van der Waals surface area contributed by atoms with Gasteiger partial charge in [0.2, 0.25) is 0 Å². The molecule has 0 radical (unpaired) electrons. The Kier molecular flexibility index (Phi) is 7.17. The summed E-state index contributed by atoms with van der Waals surface area (Å²) in [5, 5.41) is 5.30. The highest BCUT2D eigenvalue weighted by molar-refractivity contribution is 7.26. The van der Waals surface area contributed by atoms with Crippen LogP contribution in [0.1, 0.15) is 31.0 Å². The molecule has 1 aliphatic rings. The molecule has 1 atom stereocenters. The molecule has 0 bridgehead atoms. The zero-order valence-electron chi connectivity index (χ0n) is 30.8. The number of hydrogen-bond acceptors (Lipinski definition) is 2. The van der Waals surface area contributed by atoms with Crippen LogP contribution in [0.3, 0.4) is 0 Å². The molecular formula is C52H38N2S. The van der Waals surface area contributed by atoms with Crippen LogP contribution in [0.2, 0.25) is 0 Å². The summed E-state index contributed by atoms with van der Waals surface area (Å²) < 4.78 is 5.13. The monoisotopic (exact) mass is 722 g/mol. The third-order valence-electron chi connectivity index (χ3n) is 11.9. The van der Waals surface area contributed by atoms with Crippen molar-refractivity contribution in [3.8, 4) is 27.9 Å². The fourth-order valence-corrected chi connectivity index (χ4v) is 10.6. The van der Waals surface area contributed by atoms with E-state index in [1.54, 1.807) is 0 Å². The third kappa shape index (κ3) is 4.93. The minimum atomic E-state index is -0.118. The number of fused-ring (bicyclic) bond motifs is 8. The van der Waals surface area contributed by atoms with E-state index in [2.05, 4.69) is 211 Å². The predicted octanol–water partition coefficient (Wildman–Crippen LogP) is 14.7. The second-order valence-corrected chi connectivity index (χ2v) is 16.4. The van der Waals surface area contributed by atoms with Crippen molar-refractivity contribution in [2.75, 3.05) is 4.90 Å². The maximum atomic E-state index is 2.59. The largest absolute Gasteiger partial charge is 0.333 e. The van der Waals surface area contributed by atoms with E-state index < -0.39 is 0 Å². The molecule has 0 fully saturated rings. The summed E-state index contributed by atoms with van der Waals surface area (Å²) in [7, 11) is 0. The first-order valence-electron chi connectivity index (χ1n) is 19.1. The van der Waals surface area contributed by atoms with Gasteiger partial charge >= 0.3 is 0 Å². The minimum absolute atomic E-state index is 0.118. The van der Waals surface area contributed by atoms with E-state index in [1.807, 2.05) is 11.3 Å². The highest BCUT2D eigenvalue weighted by Crippen LogP contribution is 2.56. The Balaban J connectivity index is 1.02. The zero-order valence-corrected chi connectivity index (χ0v) is 31.6. The fourth-order valence-electron chi connectivity index (χ4n) is 9.34. The first-order chi connectivity index (χ1) is 27.0. The Bertz CT molecular complexity index is 3060. The number of nitrogens with zero attached hydrogens (tertiary/aromatic N) is 2. The fraction of sp³-hybridized carbons (Fsp3) is 0.0769. The normalized spacial score (nSPS) is 15.0. The van der Waals surface area contributed by atoms with Crippen LogP contribution < -0.4 is 4.90 Å². The topological polar surface area (TPSA) is 8.17 Å². The lowest BCUT2D eigenvalue weighted by atomic mass is 9.77. The van der Waals surface area contributed by atoms with Crippen LogP contribution in [0.4, 0.5) is 11.4 Å². The summed E-state index contributed by atoms with van der Waals surface area (Å²) in [6.07, 6.45) is 0. The van der Waals surface area contributed by atoms with Crippen LogP contribution in [0.5, 0.6) is 0 Å². The van der Waals surface area contributed by atoms with Gasteiger partial charge in [-0.1, -0.05) is 153 Å². The molecule has 0 aliphatic carbocycles. The SMILES string of the molecule is CC1(C)c2ccc(-c3ccccc3)cc2N(c2cccc(-c3ccc(-n4c5ccccc5c5c6sc7ccccc7c6ccc54)cc3)c2)C1c1ccccc1. The summed E-state index contributed by atoms with van der Waals surface area (Å²) in [6.45, 7) is 4.80. The van der Waals surface area contributed by atoms with E-state index in [0.717, 1.165) is 0 Å². The Morgan fingerprint density at radius 2 is 1.13 bits per heavy atom. The van der Waals surface area contributed by atoms with Crippen LogP contribution in [0.25, 0.3) is 69.9 Å². The van der Waals surface area contributed by atoms with Crippen LogP contribution in [0.15, 0.2) is 188 Å². The standard InChI is InChI=1S/C52H38N2S/c1-52(2)44-30-26-38(34-14-5-3-6-15-34)33-47(44)54(51(52)36-16-7-4-8-17-36)40-19-13-18-37(32-40)35-24-27-39(28-25-35)53-45-22-11-9-21-43(45)49-46(53)31-29-42-41-20-10-12-23-48(41)55-50(42)49/h3-33,51H,1-2H3. The molecule has 2 nitrogen and oxygen atoms in total. The number of aromatic nitrogens is 1. The molecule has 55 heavy (non-hydrogen) atoms. The molecule has 0 spiro atoms. The first-order valence-corrected chi connectivity index (χ1v) is 19.9. The van der Waals surface area contributed by atoms with Crippen molar-refractivity contribution in [1.82, 2.24) is 4.57 Å². The van der Waals surface area contributed by atoms with Gasteiger partial charge in [0.25, 0.3) is 0 Å². The lowest BCUT2D eigenvalue weighted by molar-refractivity contribution is 0.449. The van der Waals surface area contributed by atoms with Crippen molar-refractivity contribution in [3.05, 3.63) is 199 Å². The third-order valence-corrected chi connectivity index (χ3v) is 13.1. The molecule has 10 aromatic rings. The Labute approximate surface area is 325 Å². The maximum absolute atomic E-state index is 2.59. The second-order valence-electron chi connectivity index (χ2n) is 15.4. The van der Waals surface area contributed by atoms with Crippen molar-refractivity contribution >= 4 is 64.7 Å². The van der Waals surface area contributed by atoms with Gasteiger partial charge in [-0.3, -0.25) is 0 Å². The molecular weight excluding hydrogens is 685 g/mol. The number of hydrogen-bond donors (Lipinski definition) is 0. The highest BCUT2D eigenvalue weighted by Gasteiger charge is 2.46. The molecule has 0 N–H and O–H groups in total. The quantitative estimate of drug-likeness (QED) is 0.172. The molecule has 262 valence electrons. The van der Waals surface area contributed by atoms with Gasteiger partial charge in [0.1, 0.15) is 0 Å². The van der Waals surface area contributed by atoms with E-state index in [-0.39, 0.29) is 11.5 Å². The summed E-state index contributed by atoms with van der Waals surface area (Å²) >= 11 is 1.90. The van der Waals surface area contributed by atoms with Crippen LogP contribution in [0, 0.1) is 0 Å². The molecule has 3 heterocycles. The van der Waals surface area contributed by atoms with Crippen molar-refractivity contribution in [3.63, 3.8) is 0 Å². The first kappa shape index (κ1) is 32.0. The van der Waals surface area contributed by atoms with Crippen LogP contribution in [-0.4, -0.2) is 4.57 Å². The number of thiophene rings is 1. The number of benzene rings is 8. The summed E-state index contributed by atoms with van der Waals surface area (Å²) in [6, 6.07) is 69.5. The molecule has 0 saturated heterocycles. The molecule has 3 heteroatoms. The van der Waals surface area contributed by atoms with E-state index in [9.17, 15) is 0 Å². The number of rotatable bonds is 5. The van der Waals surface area contributed by atoms with Crippen LogP contribution >= 0.6 is 11.3 Å². The molecule has 1 aliphatic heterocycles. The Morgan fingerprint density at radius 1 is 0.473 bits per heavy atom. The van der Waals surface area contributed by atoms with Gasteiger partial charge in [-0.2, -0.15) is 0 Å². The average Bonchev–Trinajstić information content (AvgIpc) is 3.86. The van der Waals surface area contributed by atoms with Gasteiger partial charge in [0, 0.05) is 53.4 Å². The lowest BCUT2D eigenvalue weighted by Crippen LogP contribution is -2.30. The van der Waals surface area contributed by atoms with E-state index in [4.69, 9.17) is 0 Å². The van der Waals surface area contributed by atoms with Gasteiger partial charge in [-0.15, -0.1) is 11.3 Å². The molecule has 1 unspecified atom stereocenters. The van der Waals surface area contributed by atoms with E-state index in [1.165, 1.54) is 92.4 Å². The van der Waals surface area contributed by atoms with Gasteiger partial charge in [0.15, 0.2) is 0 Å². The maximum Gasteiger partial charge on any atom is 0.0683 e.